The first-order valence-corrected chi connectivity index (χ1v) is 7.91. The van der Waals surface area contributed by atoms with Gasteiger partial charge in [-0.1, -0.05) is 53.2 Å². The van der Waals surface area contributed by atoms with Crippen molar-refractivity contribution in [3.8, 4) is 0 Å². The van der Waals surface area contributed by atoms with Gasteiger partial charge in [-0.15, -0.1) is 0 Å². The molecule has 0 bridgehead atoms. The predicted octanol–water partition coefficient (Wildman–Crippen LogP) is 4.84. The van der Waals surface area contributed by atoms with E-state index in [9.17, 15) is 5.11 Å². The lowest BCUT2D eigenvalue weighted by Gasteiger charge is -2.25. The Morgan fingerprint density at radius 3 is 1.84 bits per heavy atom. The van der Waals surface area contributed by atoms with Crippen molar-refractivity contribution >= 4 is 0 Å². The van der Waals surface area contributed by atoms with Crippen LogP contribution in [0.1, 0.15) is 75.8 Å². The summed E-state index contributed by atoms with van der Waals surface area (Å²) in [6.07, 6.45) is 4.99. The Bertz CT molecular complexity index is 370. The lowest BCUT2D eigenvalue weighted by molar-refractivity contribution is 0.110. The Morgan fingerprint density at radius 1 is 0.947 bits per heavy atom. The van der Waals surface area contributed by atoms with Gasteiger partial charge < -0.3 is 5.11 Å². The second-order valence-corrected chi connectivity index (χ2v) is 5.60. The Labute approximate surface area is 119 Å². The maximum Gasteiger partial charge on any atom is 0.0820 e. The van der Waals surface area contributed by atoms with Crippen LogP contribution in [-0.2, 0) is 19.3 Å². The molecule has 0 radical (unpaired) electrons. The number of rotatable bonds is 7. The van der Waals surface area contributed by atoms with Crippen molar-refractivity contribution in [2.24, 2.45) is 5.92 Å². The van der Waals surface area contributed by atoms with E-state index < -0.39 is 0 Å². The van der Waals surface area contributed by atoms with Crippen molar-refractivity contribution in [3.05, 3.63) is 34.4 Å². The predicted molar refractivity (Wildman–Crippen MR) is 83.6 cm³/mol. The van der Waals surface area contributed by atoms with E-state index in [0.29, 0.717) is 5.92 Å². The zero-order chi connectivity index (χ0) is 14.4. The Kier molecular flexibility index (Phi) is 6.57. The Balaban J connectivity index is 3.23. The summed E-state index contributed by atoms with van der Waals surface area (Å²) in [5.74, 6) is 0.341. The standard InChI is InChI=1S/C18H30O/c1-6-10-13(5)18(19)17-15(8-3)11-14(7-2)12-16(17)9-4/h11-13,18-19H,6-10H2,1-5H3. The molecule has 19 heavy (non-hydrogen) atoms. The Hall–Kier alpha value is -0.820. The fraction of sp³-hybridized carbons (Fsp3) is 0.667. The number of aliphatic hydroxyl groups excluding tert-OH is 1. The lowest BCUT2D eigenvalue weighted by atomic mass is 9.84. The average molecular weight is 262 g/mol. The van der Waals surface area contributed by atoms with Gasteiger partial charge in [-0.3, -0.25) is 0 Å². The normalized spacial score (nSPS) is 14.4. The van der Waals surface area contributed by atoms with E-state index in [1.165, 1.54) is 22.3 Å². The minimum atomic E-state index is -0.309. The van der Waals surface area contributed by atoms with Gasteiger partial charge in [-0.05, 0) is 53.9 Å². The van der Waals surface area contributed by atoms with E-state index in [1.807, 2.05) is 0 Å². The van der Waals surface area contributed by atoms with Crippen molar-refractivity contribution in [2.75, 3.05) is 0 Å². The highest BCUT2D eigenvalue weighted by molar-refractivity contribution is 5.41. The third-order valence-corrected chi connectivity index (χ3v) is 4.16. The van der Waals surface area contributed by atoms with Crippen LogP contribution in [-0.4, -0.2) is 5.11 Å². The van der Waals surface area contributed by atoms with Crippen molar-refractivity contribution in [1.29, 1.82) is 0 Å². The number of aryl methyl sites for hydroxylation is 3. The Morgan fingerprint density at radius 2 is 1.47 bits per heavy atom. The molecular formula is C18H30O. The van der Waals surface area contributed by atoms with Gasteiger partial charge in [-0.25, -0.2) is 0 Å². The molecule has 0 aromatic heterocycles. The van der Waals surface area contributed by atoms with Gasteiger partial charge in [0.05, 0.1) is 6.10 Å². The number of hydrogen-bond donors (Lipinski definition) is 1. The molecule has 0 saturated heterocycles. The van der Waals surface area contributed by atoms with Crippen LogP contribution in [0.5, 0.6) is 0 Å². The second-order valence-electron chi connectivity index (χ2n) is 5.60. The molecule has 1 aromatic rings. The number of aliphatic hydroxyl groups is 1. The van der Waals surface area contributed by atoms with Crippen molar-refractivity contribution in [3.63, 3.8) is 0 Å². The van der Waals surface area contributed by atoms with Crippen molar-refractivity contribution in [1.82, 2.24) is 0 Å². The monoisotopic (exact) mass is 262 g/mol. The second kappa shape index (κ2) is 7.69. The molecule has 1 aromatic carbocycles. The van der Waals surface area contributed by atoms with Gasteiger partial charge in [0.1, 0.15) is 0 Å². The maximum absolute atomic E-state index is 10.7. The third kappa shape index (κ3) is 3.82. The third-order valence-electron chi connectivity index (χ3n) is 4.16. The van der Waals surface area contributed by atoms with Crippen LogP contribution in [0.25, 0.3) is 0 Å². The molecular weight excluding hydrogens is 232 g/mol. The molecule has 1 nitrogen and oxygen atoms in total. The summed E-state index contributed by atoms with van der Waals surface area (Å²) >= 11 is 0. The highest BCUT2D eigenvalue weighted by Crippen LogP contribution is 2.32. The highest BCUT2D eigenvalue weighted by atomic mass is 16.3. The number of hydrogen-bond acceptors (Lipinski definition) is 1. The first-order chi connectivity index (χ1) is 9.08. The van der Waals surface area contributed by atoms with Crippen LogP contribution < -0.4 is 0 Å². The molecule has 0 aliphatic carbocycles. The van der Waals surface area contributed by atoms with Crippen LogP contribution in [0.4, 0.5) is 0 Å². The van der Waals surface area contributed by atoms with Gasteiger partial charge >= 0.3 is 0 Å². The summed E-state index contributed by atoms with van der Waals surface area (Å²) in [5.41, 5.74) is 5.29. The zero-order valence-electron chi connectivity index (χ0n) is 13.3. The minimum absolute atomic E-state index is 0.309. The van der Waals surface area contributed by atoms with Crippen molar-refractivity contribution < 1.29 is 5.11 Å². The van der Waals surface area contributed by atoms with E-state index in [4.69, 9.17) is 0 Å². The summed E-state index contributed by atoms with van der Waals surface area (Å²) in [4.78, 5) is 0. The van der Waals surface area contributed by atoms with E-state index in [1.54, 1.807) is 0 Å². The fourth-order valence-corrected chi connectivity index (χ4v) is 2.92. The summed E-state index contributed by atoms with van der Waals surface area (Å²) in [5, 5.41) is 10.7. The molecule has 0 aliphatic heterocycles. The van der Waals surface area contributed by atoms with E-state index >= 15 is 0 Å². The van der Waals surface area contributed by atoms with Gasteiger partial charge in [0, 0.05) is 0 Å². The summed E-state index contributed by atoms with van der Waals surface area (Å²) < 4.78 is 0. The molecule has 1 heteroatoms. The van der Waals surface area contributed by atoms with E-state index in [0.717, 1.165) is 32.1 Å². The molecule has 0 amide bonds. The number of benzene rings is 1. The first kappa shape index (κ1) is 16.2. The average Bonchev–Trinajstić information content (AvgIpc) is 2.44. The molecule has 1 N–H and O–H groups in total. The van der Waals surface area contributed by atoms with Crippen LogP contribution >= 0.6 is 0 Å². The zero-order valence-corrected chi connectivity index (χ0v) is 13.3. The van der Waals surface area contributed by atoms with Gasteiger partial charge in [0.25, 0.3) is 0 Å². The first-order valence-electron chi connectivity index (χ1n) is 7.91. The smallest absolute Gasteiger partial charge is 0.0820 e. The molecule has 0 fully saturated rings. The quantitative estimate of drug-likeness (QED) is 0.745. The van der Waals surface area contributed by atoms with Crippen molar-refractivity contribution in [2.45, 2.75) is 72.8 Å². The van der Waals surface area contributed by atoms with Crippen LogP contribution in [0.3, 0.4) is 0 Å². The molecule has 108 valence electrons. The van der Waals surface area contributed by atoms with Gasteiger partial charge in [-0.2, -0.15) is 0 Å². The molecule has 0 spiro atoms. The van der Waals surface area contributed by atoms with Gasteiger partial charge in [0.15, 0.2) is 0 Å². The lowest BCUT2D eigenvalue weighted by Crippen LogP contribution is -2.14. The molecule has 0 aliphatic rings. The summed E-state index contributed by atoms with van der Waals surface area (Å²) in [7, 11) is 0. The highest BCUT2D eigenvalue weighted by Gasteiger charge is 2.21. The largest absolute Gasteiger partial charge is 0.388 e. The molecule has 0 heterocycles. The minimum Gasteiger partial charge on any atom is -0.388 e. The summed E-state index contributed by atoms with van der Waals surface area (Å²) in [6.45, 7) is 10.9. The van der Waals surface area contributed by atoms with Crippen LogP contribution in [0, 0.1) is 5.92 Å². The fourth-order valence-electron chi connectivity index (χ4n) is 2.92. The SMILES string of the molecule is CCCC(C)C(O)c1c(CC)cc(CC)cc1CC. The van der Waals surface area contributed by atoms with Crippen LogP contribution in [0.15, 0.2) is 12.1 Å². The topological polar surface area (TPSA) is 20.2 Å². The maximum atomic E-state index is 10.7. The van der Waals surface area contributed by atoms with Crippen LogP contribution in [0.2, 0.25) is 0 Å². The molecule has 2 atom stereocenters. The van der Waals surface area contributed by atoms with E-state index in [-0.39, 0.29) is 6.10 Å². The molecule has 0 saturated carbocycles. The summed E-state index contributed by atoms with van der Waals surface area (Å²) in [6, 6.07) is 4.58. The molecule has 1 rings (SSSR count). The molecule has 2 unspecified atom stereocenters. The van der Waals surface area contributed by atoms with E-state index in [2.05, 4.69) is 46.8 Å². The van der Waals surface area contributed by atoms with Gasteiger partial charge in [0.2, 0.25) is 0 Å².